The molecule has 0 fully saturated rings. The van der Waals surface area contributed by atoms with E-state index in [0.29, 0.717) is 19.6 Å². The topological polar surface area (TPSA) is 84.9 Å². The number of likely N-dealkylation sites (N-methyl/N-ethyl adjacent to an activating group) is 1. The molecule has 2 heterocycles. The van der Waals surface area contributed by atoms with Gasteiger partial charge in [-0.2, -0.15) is 5.10 Å². The first kappa shape index (κ1) is 23.7. The van der Waals surface area contributed by atoms with Gasteiger partial charge in [0.25, 0.3) is 0 Å². The van der Waals surface area contributed by atoms with Crippen LogP contribution in [0.3, 0.4) is 0 Å². The fraction of sp³-hybridized carbons (Fsp3) is 0.333. The molecule has 0 radical (unpaired) electrons. The first-order valence-corrected chi connectivity index (χ1v) is 11.0. The van der Waals surface area contributed by atoms with Gasteiger partial charge in [-0.3, -0.25) is 4.90 Å². The summed E-state index contributed by atoms with van der Waals surface area (Å²) in [4.78, 5) is 5.83. The Balaban J connectivity index is 1.52. The van der Waals surface area contributed by atoms with Crippen LogP contribution in [0.2, 0.25) is 0 Å². The quantitative estimate of drug-likeness (QED) is 0.386. The number of benzene rings is 2. The molecule has 1 unspecified atom stereocenters. The maximum Gasteiger partial charge on any atom is 0.137 e. The predicted octanol–water partition coefficient (Wildman–Crippen LogP) is 2.91. The Hall–Kier alpha value is -3.50. The number of nitrogens with zero attached hydrogens (tertiary/aromatic N) is 7. The van der Waals surface area contributed by atoms with Crippen LogP contribution in [0.1, 0.15) is 29.3 Å². The molecule has 2 aromatic carbocycles. The number of hydrogen-bond donors (Lipinski definition) is 1. The molecular weight excluding hydrogens is 440 g/mol. The number of aliphatic hydroxyl groups is 1. The van der Waals surface area contributed by atoms with Gasteiger partial charge in [0.2, 0.25) is 0 Å². The van der Waals surface area contributed by atoms with Crippen molar-refractivity contribution in [1.29, 1.82) is 0 Å². The van der Waals surface area contributed by atoms with E-state index >= 15 is 0 Å². The molecule has 1 N–H and O–H groups in total. The minimum atomic E-state index is -1.68. The van der Waals surface area contributed by atoms with Crippen LogP contribution in [-0.2, 0) is 25.2 Å². The van der Waals surface area contributed by atoms with Crippen molar-refractivity contribution in [3.63, 3.8) is 0 Å². The van der Waals surface area contributed by atoms with E-state index in [-0.39, 0.29) is 18.7 Å². The summed E-state index contributed by atoms with van der Waals surface area (Å²) in [6.07, 6.45) is 4.64. The lowest BCUT2D eigenvalue weighted by Gasteiger charge is -2.34. The maximum atomic E-state index is 14.7. The van der Waals surface area contributed by atoms with Gasteiger partial charge < -0.3 is 5.11 Å². The Kier molecular flexibility index (Phi) is 7.09. The third-order valence-corrected chi connectivity index (χ3v) is 5.69. The third-order valence-electron chi connectivity index (χ3n) is 5.69. The fourth-order valence-corrected chi connectivity index (χ4v) is 3.92. The molecule has 4 rings (SSSR count). The summed E-state index contributed by atoms with van der Waals surface area (Å²) in [6.45, 7) is 5.55. The van der Waals surface area contributed by atoms with Gasteiger partial charge in [0.05, 0.1) is 25.0 Å². The van der Waals surface area contributed by atoms with Crippen LogP contribution in [0, 0.1) is 18.6 Å². The summed E-state index contributed by atoms with van der Waals surface area (Å²) in [5.41, 5.74) is 1.34. The molecule has 0 aliphatic rings. The van der Waals surface area contributed by atoms with E-state index in [2.05, 4.69) is 44.7 Å². The molecule has 0 saturated carbocycles. The van der Waals surface area contributed by atoms with E-state index in [1.165, 1.54) is 29.0 Å². The molecule has 0 saturated heterocycles. The predicted molar refractivity (Wildman–Crippen MR) is 122 cm³/mol. The summed E-state index contributed by atoms with van der Waals surface area (Å²) in [6, 6.07) is 11.4. The number of aryl methyl sites for hydroxylation is 1. The van der Waals surface area contributed by atoms with E-state index in [4.69, 9.17) is 0 Å². The first-order chi connectivity index (χ1) is 16.3. The zero-order valence-corrected chi connectivity index (χ0v) is 19.1. The van der Waals surface area contributed by atoms with E-state index in [1.807, 2.05) is 24.9 Å². The molecule has 4 aromatic rings. The zero-order chi connectivity index (χ0) is 24.1. The van der Waals surface area contributed by atoms with Crippen molar-refractivity contribution in [1.82, 2.24) is 34.7 Å². The number of halogens is 2. The maximum absolute atomic E-state index is 14.7. The Morgan fingerprint density at radius 1 is 1.09 bits per heavy atom. The van der Waals surface area contributed by atoms with E-state index < -0.39 is 17.2 Å². The Bertz CT molecular complexity index is 1210. The first-order valence-electron chi connectivity index (χ1n) is 11.0. The average molecular weight is 468 g/mol. The standard InChI is InChI=1S/C24H27F2N7O/c1-3-31(12-21-13-32(30-29-21)11-19-6-4-18(2)5-7-19)14-24(34,15-33-17-27-16-28-33)22-9-8-20(25)10-23(22)26/h4-10,13,16-17,34H,3,11-12,14-15H2,1-2H3. The van der Waals surface area contributed by atoms with Crippen molar-refractivity contribution in [3.8, 4) is 0 Å². The van der Waals surface area contributed by atoms with Gasteiger partial charge in [-0.1, -0.05) is 48.0 Å². The number of rotatable bonds is 10. The van der Waals surface area contributed by atoms with Gasteiger partial charge in [-0.15, -0.1) is 5.10 Å². The van der Waals surface area contributed by atoms with Crippen LogP contribution in [-0.4, -0.2) is 52.9 Å². The van der Waals surface area contributed by atoms with Crippen LogP contribution in [0.5, 0.6) is 0 Å². The summed E-state index contributed by atoms with van der Waals surface area (Å²) in [5, 5.41) is 24.1. The molecule has 0 spiro atoms. The Labute approximate surface area is 196 Å². The smallest absolute Gasteiger partial charge is 0.137 e. The minimum Gasteiger partial charge on any atom is -0.382 e. The largest absolute Gasteiger partial charge is 0.382 e. The molecule has 34 heavy (non-hydrogen) atoms. The summed E-state index contributed by atoms with van der Waals surface area (Å²) >= 11 is 0. The zero-order valence-electron chi connectivity index (χ0n) is 19.1. The van der Waals surface area contributed by atoms with Crippen LogP contribution in [0.4, 0.5) is 8.78 Å². The van der Waals surface area contributed by atoms with Crippen molar-refractivity contribution < 1.29 is 13.9 Å². The van der Waals surface area contributed by atoms with Crippen molar-refractivity contribution in [2.75, 3.05) is 13.1 Å². The van der Waals surface area contributed by atoms with Crippen molar-refractivity contribution >= 4 is 0 Å². The summed E-state index contributed by atoms with van der Waals surface area (Å²) in [7, 11) is 0. The molecule has 0 amide bonds. The summed E-state index contributed by atoms with van der Waals surface area (Å²) in [5.74, 6) is -1.52. The van der Waals surface area contributed by atoms with E-state index in [9.17, 15) is 13.9 Å². The molecule has 0 aliphatic carbocycles. The molecular formula is C24H27F2N7O. The lowest BCUT2D eigenvalue weighted by Crippen LogP contribution is -2.44. The van der Waals surface area contributed by atoms with Crippen LogP contribution in [0.15, 0.2) is 61.3 Å². The van der Waals surface area contributed by atoms with Gasteiger partial charge in [0.15, 0.2) is 0 Å². The molecule has 0 aliphatic heterocycles. The van der Waals surface area contributed by atoms with E-state index in [0.717, 1.165) is 23.4 Å². The van der Waals surface area contributed by atoms with Crippen LogP contribution < -0.4 is 0 Å². The number of aromatic nitrogens is 6. The molecule has 10 heteroatoms. The molecule has 2 aromatic heterocycles. The monoisotopic (exact) mass is 467 g/mol. The van der Waals surface area contributed by atoms with Gasteiger partial charge in [-0.25, -0.2) is 23.1 Å². The lowest BCUT2D eigenvalue weighted by molar-refractivity contribution is -0.0227. The van der Waals surface area contributed by atoms with Gasteiger partial charge in [-0.05, 0) is 25.1 Å². The highest BCUT2D eigenvalue weighted by Gasteiger charge is 2.35. The molecule has 8 nitrogen and oxygen atoms in total. The lowest BCUT2D eigenvalue weighted by atomic mass is 9.92. The highest BCUT2D eigenvalue weighted by Crippen LogP contribution is 2.28. The van der Waals surface area contributed by atoms with Crippen LogP contribution in [0.25, 0.3) is 0 Å². The SMILES string of the molecule is CCN(Cc1cn(Cc2ccc(C)cc2)nn1)CC(O)(Cn1cncn1)c1ccc(F)cc1F. The number of hydrogen-bond acceptors (Lipinski definition) is 6. The highest BCUT2D eigenvalue weighted by molar-refractivity contribution is 5.26. The Morgan fingerprint density at radius 2 is 1.88 bits per heavy atom. The minimum absolute atomic E-state index is 0.00845. The fourth-order valence-electron chi connectivity index (χ4n) is 3.92. The second kappa shape index (κ2) is 10.2. The second-order valence-electron chi connectivity index (χ2n) is 8.45. The molecule has 178 valence electrons. The normalized spacial score (nSPS) is 13.4. The van der Waals surface area contributed by atoms with Crippen LogP contribution >= 0.6 is 0 Å². The van der Waals surface area contributed by atoms with Gasteiger partial charge >= 0.3 is 0 Å². The van der Waals surface area contributed by atoms with E-state index in [1.54, 1.807) is 4.68 Å². The van der Waals surface area contributed by atoms with Crippen molar-refractivity contribution in [2.45, 2.75) is 39.1 Å². The average Bonchev–Trinajstić information content (AvgIpc) is 3.46. The Morgan fingerprint density at radius 3 is 2.56 bits per heavy atom. The van der Waals surface area contributed by atoms with Crippen molar-refractivity contribution in [3.05, 3.63) is 95.3 Å². The van der Waals surface area contributed by atoms with Gasteiger partial charge in [0.1, 0.15) is 29.9 Å². The second-order valence-corrected chi connectivity index (χ2v) is 8.45. The van der Waals surface area contributed by atoms with Crippen molar-refractivity contribution in [2.24, 2.45) is 0 Å². The molecule has 0 bridgehead atoms. The highest BCUT2D eigenvalue weighted by atomic mass is 19.1. The summed E-state index contributed by atoms with van der Waals surface area (Å²) < 4.78 is 31.4. The molecule has 1 atom stereocenters. The third kappa shape index (κ3) is 5.70. The van der Waals surface area contributed by atoms with Gasteiger partial charge in [0, 0.05) is 24.7 Å².